The van der Waals surface area contributed by atoms with Crippen molar-refractivity contribution >= 4 is 0 Å². The van der Waals surface area contributed by atoms with Gasteiger partial charge in [-0.15, -0.1) is 0 Å². The van der Waals surface area contributed by atoms with Gasteiger partial charge >= 0.3 is 0 Å². The molecule has 0 saturated carbocycles. The molecule has 4 nitrogen and oxygen atoms in total. The molecule has 0 bridgehead atoms. The molecule has 0 aliphatic rings. The van der Waals surface area contributed by atoms with Crippen LogP contribution in [0.15, 0.2) is 60.7 Å². The molecule has 0 aliphatic heterocycles. The van der Waals surface area contributed by atoms with Gasteiger partial charge in [-0.05, 0) is 17.5 Å². The lowest BCUT2D eigenvalue weighted by Gasteiger charge is -2.29. The van der Waals surface area contributed by atoms with E-state index in [0.717, 1.165) is 11.1 Å². The molecule has 22 heavy (non-hydrogen) atoms. The Balaban J connectivity index is 1.90. The number of hydrogen-bond donors (Lipinski definition) is 4. The molecule has 0 unspecified atom stereocenters. The first kappa shape index (κ1) is 16.6. The standard InChI is InChI=1S/C18H24N2O2/c19-16(11-14-7-3-1-4-8-14)17(21)13-18(20,22)12-15-9-5-2-6-10-15/h1-10,16-17,21-22H,11-13,19-20H2/t16-,17-,18-/m0/s1. The van der Waals surface area contributed by atoms with Crippen LogP contribution < -0.4 is 11.5 Å². The lowest BCUT2D eigenvalue weighted by molar-refractivity contribution is -0.0128. The lowest BCUT2D eigenvalue weighted by Crippen LogP contribution is -2.49. The SMILES string of the molecule is N[C@@H](Cc1ccccc1)[C@@H](O)C[C@@](N)(O)Cc1ccccc1. The molecule has 0 aromatic heterocycles. The van der Waals surface area contributed by atoms with Crippen LogP contribution in [0.2, 0.25) is 0 Å². The lowest BCUT2D eigenvalue weighted by atomic mass is 9.92. The monoisotopic (exact) mass is 300 g/mol. The van der Waals surface area contributed by atoms with Crippen molar-refractivity contribution in [3.05, 3.63) is 71.8 Å². The van der Waals surface area contributed by atoms with Crippen molar-refractivity contribution in [2.75, 3.05) is 0 Å². The summed E-state index contributed by atoms with van der Waals surface area (Å²) in [4.78, 5) is 0. The van der Waals surface area contributed by atoms with E-state index in [1.54, 1.807) is 0 Å². The normalized spacial score (nSPS) is 16.7. The zero-order chi connectivity index (χ0) is 16.0. The third kappa shape index (κ3) is 5.24. The van der Waals surface area contributed by atoms with E-state index < -0.39 is 17.9 Å². The van der Waals surface area contributed by atoms with Crippen molar-refractivity contribution in [3.8, 4) is 0 Å². The Morgan fingerprint density at radius 3 is 1.95 bits per heavy atom. The maximum Gasteiger partial charge on any atom is 0.120 e. The van der Waals surface area contributed by atoms with Crippen LogP contribution in [0.3, 0.4) is 0 Å². The maximum absolute atomic E-state index is 10.3. The van der Waals surface area contributed by atoms with Gasteiger partial charge in [0.2, 0.25) is 0 Å². The Morgan fingerprint density at radius 2 is 1.41 bits per heavy atom. The number of benzene rings is 2. The van der Waals surface area contributed by atoms with Crippen LogP contribution in [0.1, 0.15) is 17.5 Å². The minimum atomic E-state index is -1.48. The van der Waals surface area contributed by atoms with Gasteiger partial charge in [0.05, 0.1) is 6.10 Å². The molecule has 0 saturated heterocycles. The summed E-state index contributed by atoms with van der Waals surface area (Å²) in [6.45, 7) is 0. The average molecular weight is 300 g/mol. The summed E-state index contributed by atoms with van der Waals surface area (Å²) < 4.78 is 0. The highest BCUT2D eigenvalue weighted by Gasteiger charge is 2.28. The van der Waals surface area contributed by atoms with Crippen molar-refractivity contribution in [1.29, 1.82) is 0 Å². The van der Waals surface area contributed by atoms with Crippen molar-refractivity contribution in [2.24, 2.45) is 11.5 Å². The number of hydrogen-bond acceptors (Lipinski definition) is 4. The fraction of sp³-hybridized carbons (Fsp3) is 0.333. The molecule has 4 heteroatoms. The van der Waals surface area contributed by atoms with Crippen LogP contribution in [0.25, 0.3) is 0 Å². The second-order valence-corrected chi connectivity index (χ2v) is 5.89. The molecular formula is C18H24N2O2. The third-order valence-electron chi connectivity index (χ3n) is 3.72. The summed E-state index contributed by atoms with van der Waals surface area (Å²) in [6.07, 6.45) is 0.00126. The van der Waals surface area contributed by atoms with Gasteiger partial charge in [0.1, 0.15) is 5.72 Å². The van der Waals surface area contributed by atoms with Crippen LogP contribution in [0, 0.1) is 0 Å². The van der Waals surface area contributed by atoms with Gasteiger partial charge in [-0.2, -0.15) is 0 Å². The van der Waals surface area contributed by atoms with E-state index in [1.807, 2.05) is 60.7 Å². The molecule has 0 amide bonds. The Bertz CT molecular complexity index is 558. The summed E-state index contributed by atoms with van der Waals surface area (Å²) in [5.41, 5.74) is 12.5. The molecular weight excluding hydrogens is 276 g/mol. The Kier molecular flexibility index (Phi) is 5.69. The second kappa shape index (κ2) is 7.51. The zero-order valence-corrected chi connectivity index (χ0v) is 12.6. The van der Waals surface area contributed by atoms with E-state index in [4.69, 9.17) is 11.5 Å². The minimum absolute atomic E-state index is 0.0376. The van der Waals surface area contributed by atoms with Gasteiger partial charge in [-0.25, -0.2) is 0 Å². The minimum Gasteiger partial charge on any atom is -0.391 e. The highest BCUT2D eigenvalue weighted by Crippen LogP contribution is 2.16. The van der Waals surface area contributed by atoms with Crippen LogP contribution in [0.5, 0.6) is 0 Å². The highest BCUT2D eigenvalue weighted by atomic mass is 16.3. The smallest absolute Gasteiger partial charge is 0.120 e. The van der Waals surface area contributed by atoms with Crippen LogP contribution >= 0.6 is 0 Å². The maximum atomic E-state index is 10.3. The quantitative estimate of drug-likeness (QED) is 0.578. The van der Waals surface area contributed by atoms with E-state index >= 15 is 0 Å². The molecule has 6 N–H and O–H groups in total. The van der Waals surface area contributed by atoms with Crippen LogP contribution in [-0.2, 0) is 12.8 Å². The predicted molar refractivity (Wildman–Crippen MR) is 88.0 cm³/mol. The van der Waals surface area contributed by atoms with Gasteiger partial charge in [0, 0.05) is 18.9 Å². The first-order valence-electron chi connectivity index (χ1n) is 7.49. The number of rotatable bonds is 7. The van der Waals surface area contributed by atoms with Gasteiger partial charge < -0.3 is 21.7 Å². The molecule has 0 radical (unpaired) electrons. The van der Waals surface area contributed by atoms with Crippen LogP contribution in [0.4, 0.5) is 0 Å². The summed E-state index contributed by atoms with van der Waals surface area (Å²) in [5, 5.41) is 20.5. The summed E-state index contributed by atoms with van der Waals surface area (Å²) in [7, 11) is 0. The van der Waals surface area contributed by atoms with Crippen LogP contribution in [-0.4, -0.2) is 28.1 Å². The fourth-order valence-electron chi connectivity index (χ4n) is 2.56. The van der Waals surface area contributed by atoms with E-state index in [0.29, 0.717) is 6.42 Å². The van der Waals surface area contributed by atoms with Gasteiger partial charge in [-0.3, -0.25) is 0 Å². The second-order valence-electron chi connectivity index (χ2n) is 5.89. The summed E-state index contributed by atoms with van der Waals surface area (Å²) >= 11 is 0. The van der Waals surface area contributed by atoms with Crippen molar-refractivity contribution < 1.29 is 10.2 Å². The molecule has 2 rings (SSSR count). The number of aliphatic hydroxyl groups excluding tert-OH is 1. The zero-order valence-electron chi connectivity index (χ0n) is 12.6. The topological polar surface area (TPSA) is 92.5 Å². The summed E-state index contributed by atoms with van der Waals surface area (Å²) in [5.74, 6) is 0. The van der Waals surface area contributed by atoms with Gasteiger partial charge in [0.25, 0.3) is 0 Å². The molecule has 118 valence electrons. The first-order valence-corrected chi connectivity index (χ1v) is 7.49. The average Bonchev–Trinajstić information content (AvgIpc) is 2.48. The largest absolute Gasteiger partial charge is 0.391 e. The molecule has 0 heterocycles. The Labute approximate surface area is 131 Å². The number of aliphatic hydroxyl groups is 2. The molecule has 2 aromatic carbocycles. The fourth-order valence-corrected chi connectivity index (χ4v) is 2.56. The van der Waals surface area contributed by atoms with Gasteiger partial charge in [-0.1, -0.05) is 60.7 Å². The molecule has 0 aliphatic carbocycles. The van der Waals surface area contributed by atoms with E-state index in [2.05, 4.69) is 0 Å². The van der Waals surface area contributed by atoms with Crippen molar-refractivity contribution in [1.82, 2.24) is 0 Å². The number of nitrogens with two attached hydrogens (primary N) is 2. The first-order chi connectivity index (χ1) is 10.5. The van der Waals surface area contributed by atoms with E-state index in [1.165, 1.54) is 0 Å². The molecule has 3 atom stereocenters. The highest BCUT2D eigenvalue weighted by molar-refractivity contribution is 5.18. The van der Waals surface area contributed by atoms with E-state index in [9.17, 15) is 10.2 Å². The predicted octanol–water partition coefficient (Wildman–Crippen LogP) is 1.20. The van der Waals surface area contributed by atoms with Gasteiger partial charge in [0.15, 0.2) is 0 Å². The van der Waals surface area contributed by atoms with Crippen molar-refractivity contribution in [3.63, 3.8) is 0 Å². The van der Waals surface area contributed by atoms with Crippen molar-refractivity contribution in [2.45, 2.75) is 37.1 Å². The molecule has 2 aromatic rings. The third-order valence-corrected chi connectivity index (χ3v) is 3.72. The Hall–Kier alpha value is -1.72. The Morgan fingerprint density at radius 1 is 0.909 bits per heavy atom. The molecule has 0 spiro atoms. The van der Waals surface area contributed by atoms with E-state index in [-0.39, 0.29) is 12.8 Å². The molecule has 0 fully saturated rings. The summed E-state index contributed by atoms with van der Waals surface area (Å²) in [6, 6.07) is 18.7.